The van der Waals surface area contributed by atoms with Crippen LogP contribution in [0.4, 0.5) is 23.1 Å². The number of sulfonamides is 1. The fourth-order valence-electron chi connectivity index (χ4n) is 4.04. The summed E-state index contributed by atoms with van der Waals surface area (Å²) in [6, 6.07) is 14.4. The number of anilines is 4. The average Bonchev–Trinajstić information content (AvgIpc) is 3.41. The van der Waals surface area contributed by atoms with E-state index in [1.54, 1.807) is 24.4 Å². The SMILES string of the molecule is CCCCNS(=O)(=O)c1cccc(Nc2nc(Nc3ccc(OCCN4CCCC4)cc3)ncc2C)c1.Cl.Cl.O. The van der Waals surface area contributed by atoms with Gasteiger partial charge in [-0.25, -0.2) is 18.1 Å². The second-order valence-electron chi connectivity index (χ2n) is 9.18. The second kappa shape index (κ2) is 17.2. The third-order valence-corrected chi connectivity index (χ3v) is 7.65. The van der Waals surface area contributed by atoms with E-state index in [0.29, 0.717) is 30.6 Å². The molecule has 1 saturated heterocycles. The zero-order valence-corrected chi connectivity index (χ0v) is 25.3. The van der Waals surface area contributed by atoms with Gasteiger partial charge in [-0.2, -0.15) is 4.98 Å². The molecule has 222 valence electrons. The minimum Gasteiger partial charge on any atom is -0.492 e. The van der Waals surface area contributed by atoms with E-state index in [9.17, 15) is 8.42 Å². The van der Waals surface area contributed by atoms with Crippen LogP contribution in [-0.4, -0.2) is 61.5 Å². The molecule has 10 nitrogen and oxygen atoms in total. The smallest absolute Gasteiger partial charge is 0.240 e. The van der Waals surface area contributed by atoms with Gasteiger partial charge in [-0.05, 0) is 81.7 Å². The van der Waals surface area contributed by atoms with Crippen LogP contribution in [0.25, 0.3) is 0 Å². The Bertz CT molecular complexity index is 1280. The molecular formula is C27H40Cl2N6O4S. The molecule has 0 radical (unpaired) electrons. The third kappa shape index (κ3) is 10.4. The molecule has 0 spiro atoms. The summed E-state index contributed by atoms with van der Waals surface area (Å²) in [5.41, 5.74) is 2.30. The summed E-state index contributed by atoms with van der Waals surface area (Å²) in [6.07, 6.45) is 6.00. The maximum absolute atomic E-state index is 12.6. The van der Waals surface area contributed by atoms with Crippen LogP contribution in [0.15, 0.2) is 59.6 Å². The molecule has 0 atom stereocenters. The van der Waals surface area contributed by atoms with Crippen molar-refractivity contribution in [2.45, 2.75) is 44.4 Å². The van der Waals surface area contributed by atoms with Gasteiger partial charge in [0, 0.05) is 36.2 Å². The molecule has 1 aliphatic heterocycles. The number of rotatable bonds is 13. The van der Waals surface area contributed by atoms with Crippen LogP contribution in [-0.2, 0) is 10.0 Å². The molecule has 1 aliphatic rings. The van der Waals surface area contributed by atoms with E-state index >= 15 is 0 Å². The van der Waals surface area contributed by atoms with Gasteiger partial charge in [0.2, 0.25) is 16.0 Å². The van der Waals surface area contributed by atoms with Gasteiger partial charge in [0.1, 0.15) is 18.2 Å². The number of aromatic nitrogens is 2. The largest absolute Gasteiger partial charge is 0.492 e. The van der Waals surface area contributed by atoms with Crippen LogP contribution >= 0.6 is 24.8 Å². The lowest BCUT2D eigenvalue weighted by Crippen LogP contribution is -2.25. The summed E-state index contributed by atoms with van der Waals surface area (Å²) < 4.78 is 33.7. The van der Waals surface area contributed by atoms with E-state index in [0.717, 1.165) is 36.4 Å². The third-order valence-electron chi connectivity index (χ3n) is 6.19. The van der Waals surface area contributed by atoms with Gasteiger partial charge < -0.3 is 20.8 Å². The van der Waals surface area contributed by atoms with Crippen molar-refractivity contribution in [3.05, 3.63) is 60.3 Å². The van der Waals surface area contributed by atoms with Gasteiger partial charge >= 0.3 is 0 Å². The molecule has 3 aromatic rings. The van der Waals surface area contributed by atoms with Crippen molar-refractivity contribution in [1.29, 1.82) is 0 Å². The molecule has 0 bridgehead atoms. The van der Waals surface area contributed by atoms with E-state index in [2.05, 4.69) is 30.2 Å². The van der Waals surface area contributed by atoms with Crippen LogP contribution in [0.1, 0.15) is 38.2 Å². The minimum atomic E-state index is -3.57. The number of benzene rings is 2. The first-order chi connectivity index (χ1) is 17.9. The molecule has 40 heavy (non-hydrogen) atoms. The van der Waals surface area contributed by atoms with Crippen molar-refractivity contribution in [2.75, 3.05) is 43.4 Å². The lowest BCUT2D eigenvalue weighted by molar-refractivity contribution is 0.238. The zero-order chi connectivity index (χ0) is 26.1. The highest BCUT2D eigenvalue weighted by atomic mass is 35.5. The molecule has 0 unspecified atom stereocenters. The van der Waals surface area contributed by atoms with Crippen molar-refractivity contribution in [3.63, 3.8) is 0 Å². The van der Waals surface area contributed by atoms with Gasteiger partial charge in [0.05, 0.1) is 4.90 Å². The predicted octanol–water partition coefficient (Wildman–Crippen LogP) is 4.84. The summed E-state index contributed by atoms with van der Waals surface area (Å²) >= 11 is 0. The highest BCUT2D eigenvalue weighted by Crippen LogP contribution is 2.24. The van der Waals surface area contributed by atoms with Crippen LogP contribution in [0.3, 0.4) is 0 Å². The van der Waals surface area contributed by atoms with E-state index in [-0.39, 0.29) is 35.2 Å². The maximum atomic E-state index is 12.6. The van der Waals surface area contributed by atoms with E-state index in [1.165, 1.54) is 25.9 Å². The lowest BCUT2D eigenvalue weighted by Gasteiger charge is -2.15. The van der Waals surface area contributed by atoms with Gasteiger partial charge in [0.15, 0.2) is 0 Å². The number of likely N-dealkylation sites (tertiary alicyclic amines) is 1. The van der Waals surface area contributed by atoms with Crippen molar-refractivity contribution in [3.8, 4) is 5.75 Å². The Hall–Kier alpha value is -2.67. The molecule has 1 fully saturated rings. The Morgan fingerprint density at radius 2 is 1.73 bits per heavy atom. The number of nitrogens with zero attached hydrogens (tertiary/aromatic N) is 3. The summed E-state index contributed by atoms with van der Waals surface area (Å²) in [5.74, 6) is 1.85. The molecule has 0 saturated carbocycles. The molecule has 5 N–H and O–H groups in total. The van der Waals surface area contributed by atoms with Gasteiger partial charge in [-0.1, -0.05) is 19.4 Å². The topological polar surface area (TPSA) is 140 Å². The molecule has 0 aliphatic carbocycles. The number of halogens is 2. The highest BCUT2D eigenvalue weighted by Gasteiger charge is 2.14. The predicted molar refractivity (Wildman–Crippen MR) is 166 cm³/mol. The second-order valence-corrected chi connectivity index (χ2v) is 10.9. The van der Waals surface area contributed by atoms with Gasteiger partial charge in [-0.15, -0.1) is 24.8 Å². The van der Waals surface area contributed by atoms with Crippen molar-refractivity contribution in [2.24, 2.45) is 0 Å². The van der Waals surface area contributed by atoms with E-state index in [4.69, 9.17) is 4.74 Å². The van der Waals surface area contributed by atoms with Gasteiger partial charge in [0.25, 0.3) is 0 Å². The quantitative estimate of drug-likeness (QED) is 0.232. The van der Waals surface area contributed by atoms with E-state index < -0.39 is 10.0 Å². The van der Waals surface area contributed by atoms with Crippen molar-refractivity contribution < 1.29 is 18.6 Å². The number of unbranched alkanes of at least 4 members (excludes halogenated alkanes) is 1. The van der Waals surface area contributed by atoms with Crippen LogP contribution in [0.5, 0.6) is 5.75 Å². The fraction of sp³-hybridized carbons (Fsp3) is 0.407. The number of hydrogen-bond acceptors (Lipinski definition) is 8. The first kappa shape index (κ1) is 35.4. The Morgan fingerprint density at radius 3 is 2.42 bits per heavy atom. The maximum Gasteiger partial charge on any atom is 0.240 e. The minimum absolute atomic E-state index is 0. The number of hydrogen-bond donors (Lipinski definition) is 3. The van der Waals surface area contributed by atoms with Gasteiger partial charge in [-0.3, -0.25) is 4.90 Å². The zero-order valence-electron chi connectivity index (χ0n) is 22.9. The Kier molecular flexibility index (Phi) is 15.2. The van der Waals surface area contributed by atoms with Crippen molar-refractivity contribution >= 4 is 58.0 Å². The molecule has 0 amide bonds. The molecule has 1 aromatic heterocycles. The molecule has 2 heterocycles. The standard InChI is InChI=1S/C27H36N6O3S.2ClH.H2O/c1-3-4-14-29-37(34,35)25-9-7-8-23(19-25)30-26-21(2)20-28-27(32-26)31-22-10-12-24(13-11-22)36-18-17-33-15-5-6-16-33;;;/h7-13,19-20,29H,3-6,14-18H2,1-2H3,(H2,28,30,31,32);2*1H;1H2. The summed E-state index contributed by atoms with van der Waals surface area (Å²) in [7, 11) is -3.57. The molecular weight excluding hydrogens is 575 g/mol. The summed E-state index contributed by atoms with van der Waals surface area (Å²) in [5, 5.41) is 6.44. The monoisotopic (exact) mass is 614 g/mol. The molecule has 4 rings (SSSR count). The normalized spacial score (nSPS) is 12.9. The number of aryl methyl sites for hydroxylation is 1. The molecule has 13 heteroatoms. The summed E-state index contributed by atoms with van der Waals surface area (Å²) in [6.45, 7) is 8.31. The van der Waals surface area contributed by atoms with Crippen LogP contribution in [0.2, 0.25) is 0 Å². The van der Waals surface area contributed by atoms with Crippen LogP contribution in [0, 0.1) is 6.92 Å². The average molecular weight is 616 g/mol. The highest BCUT2D eigenvalue weighted by molar-refractivity contribution is 7.89. The lowest BCUT2D eigenvalue weighted by atomic mass is 10.3. The number of ether oxygens (including phenoxy) is 1. The molecule has 2 aromatic carbocycles. The fourth-order valence-corrected chi connectivity index (χ4v) is 5.16. The van der Waals surface area contributed by atoms with E-state index in [1.807, 2.05) is 44.2 Å². The number of nitrogens with one attached hydrogen (secondary N) is 3. The Labute approximate surface area is 249 Å². The first-order valence-electron chi connectivity index (χ1n) is 12.9. The summed E-state index contributed by atoms with van der Waals surface area (Å²) in [4.78, 5) is 11.6. The van der Waals surface area contributed by atoms with Crippen LogP contribution < -0.4 is 20.1 Å². The Balaban J connectivity index is 0.00000267. The Morgan fingerprint density at radius 1 is 1.00 bits per heavy atom. The van der Waals surface area contributed by atoms with Crippen molar-refractivity contribution in [1.82, 2.24) is 19.6 Å². The first-order valence-corrected chi connectivity index (χ1v) is 14.3.